The van der Waals surface area contributed by atoms with Crippen LogP contribution < -0.4 is 5.32 Å². The summed E-state index contributed by atoms with van der Waals surface area (Å²) >= 11 is 0. The molecule has 1 fully saturated rings. The highest BCUT2D eigenvalue weighted by atomic mass is 19.1. The minimum absolute atomic E-state index is 0.137. The summed E-state index contributed by atoms with van der Waals surface area (Å²) in [6.45, 7) is 0. The second kappa shape index (κ2) is 7.53. The summed E-state index contributed by atoms with van der Waals surface area (Å²) in [6, 6.07) is 10.3. The van der Waals surface area contributed by atoms with Crippen LogP contribution in [0.4, 0.5) is 4.39 Å². The van der Waals surface area contributed by atoms with E-state index in [2.05, 4.69) is 10.3 Å². The molecule has 0 spiro atoms. The van der Waals surface area contributed by atoms with Crippen LogP contribution in [0.5, 0.6) is 0 Å². The van der Waals surface area contributed by atoms with Crippen LogP contribution in [-0.4, -0.2) is 28.1 Å². The van der Waals surface area contributed by atoms with Gasteiger partial charge in [0.05, 0.1) is 17.4 Å². The van der Waals surface area contributed by atoms with Gasteiger partial charge in [-0.25, -0.2) is 4.39 Å². The van der Waals surface area contributed by atoms with E-state index in [1.807, 2.05) is 0 Å². The minimum Gasteiger partial charge on any atom is -0.393 e. The van der Waals surface area contributed by atoms with E-state index in [4.69, 9.17) is 0 Å². The Labute approximate surface area is 140 Å². The average Bonchev–Trinajstić information content (AvgIpc) is 3.38. The van der Waals surface area contributed by atoms with Crippen molar-refractivity contribution < 1.29 is 14.3 Å². The Morgan fingerprint density at radius 2 is 2.08 bits per heavy atom. The van der Waals surface area contributed by atoms with Crippen molar-refractivity contribution in [2.24, 2.45) is 0 Å². The molecular weight excluding hydrogens is 307 g/mol. The van der Waals surface area contributed by atoms with Crippen molar-refractivity contribution in [1.29, 1.82) is 0 Å². The van der Waals surface area contributed by atoms with Gasteiger partial charge in [0.15, 0.2) is 0 Å². The van der Waals surface area contributed by atoms with Gasteiger partial charge in [0.2, 0.25) is 0 Å². The molecule has 4 nitrogen and oxygen atoms in total. The van der Waals surface area contributed by atoms with Crippen LogP contribution in [0.1, 0.15) is 40.9 Å². The summed E-state index contributed by atoms with van der Waals surface area (Å²) in [5.74, 6) is -0.394. The van der Waals surface area contributed by atoms with Crippen molar-refractivity contribution in [3.05, 3.63) is 65.2 Å². The number of rotatable bonds is 7. The number of aliphatic hydroxyl groups is 1. The molecule has 2 aromatic rings. The van der Waals surface area contributed by atoms with Gasteiger partial charge in [-0.1, -0.05) is 18.2 Å². The number of hydrogen-bond donors (Lipinski definition) is 2. The van der Waals surface area contributed by atoms with Crippen LogP contribution in [0.15, 0.2) is 42.6 Å². The average molecular weight is 328 g/mol. The van der Waals surface area contributed by atoms with Gasteiger partial charge in [0, 0.05) is 18.7 Å². The van der Waals surface area contributed by atoms with Gasteiger partial charge in [-0.2, -0.15) is 0 Å². The lowest BCUT2D eigenvalue weighted by Gasteiger charge is -2.13. The second-order valence-electron chi connectivity index (χ2n) is 6.23. The number of carbonyl (C=O) groups is 1. The fourth-order valence-electron chi connectivity index (χ4n) is 2.65. The van der Waals surface area contributed by atoms with Crippen LogP contribution in [0.25, 0.3) is 0 Å². The summed E-state index contributed by atoms with van der Waals surface area (Å²) in [4.78, 5) is 16.5. The number of pyridine rings is 1. The second-order valence-corrected chi connectivity index (χ2v) is 6.23. The Hall–Kier alpha value is -2.27. The highest BCUT2D eigenvalue weighted by Crippen LogP contribution is 2.20. The third kappa shape index (κ3) is 4.38. The zero-order valence-electron chi connectivity index (χ0n) is 13.4. The summed E-state index contributed by atoms with van der Waals surface area (Å²) in [5.41, 5.74) is 1.68. The van der Waals surface area contributed by atoms with E-state index in [0.717, 1.165) is 12.8 Å². The molecule has 0 aliphatic heterocycles. The molecule has 5 heteroatoms. The maximum atomic E-state index is 13.6. The quantitative estimate of drug-likeness (QED) is 0.821. The van der Waals surface area contributed by atoms with Gasteiger partial charge in [-0.3, -0.25) is 9.78 Å². The number of carbonyl (C=O) groups excluding carboxylic acids is 1. The molecule has 1 aliphatic carbocycles. The first-order valence-corrected chi connectivity index (χ1v) is 8.29. The molecule has 0 radical (unpaired) electrons. The third-order valence-electron chi connectivity index (χ3n) is 4.18. The van der Waals surface area contributed by atoms with Gasteiger partial charge in [-0.05, 0) is 49.4 Å². The Bertz CT molecular complexity index is 716. The fourth-order valence-corrected chi connectivity index (χ4v) is 2.65. The van der Waals surface area contributed by atoms with Crippen molar-refractivity contribution in [2.75, 3.05) is 0 Å². The highest BCUT2D eigenvalue weighted by Gasteiger charge is 2.25. The number of hydrogen-bond acceptors (Lipinski definition) is 3. The number of nitrogens with zero attached hydrogens (tertiary/aromatic N) is 1. The van der Waals surface area contributed by atoms with E-state index in [-0.39, 0.29) is 24.2 Å². The zero-order chi connectivity index (χ0) is 16.9. The Balaban J connectivity index is 1.60. The SMILES string of the molecule is O=C(NC1CC1)c1cccnc1CC(O)CCc1ccccc1F. The molecule has 126 valence electrons. The summed E-state index contributed by atoms with van der Waals surface area (Å²) in [7, 11) is 0. The highest BCUT2D eigenvalue weighted by molar-refractivity contribution is 5.95. The van der Waals surface area contributed by atoms with Crippen LogP contribution >= 0.6 is 0 Å². The molecule has 1 atom stereocenters. The lowest BCUT2D eigenvalue weighted by molar-refractivity contribution is 0.0948. The van der Waals surface area contributed by atoms with E-state index in [1.54, 1.807) is 36.5 Å². The lowest BCUT2D eigenvalue weighted by Crippen LogP contribution is -2.27. The van der Waals surface area contributed by atoms with E-state index in [0.29, 0.717) is 29.7 Å². The first kappa shape index (κ1) is 16.6. The van der Waals surface area contributed by atoms with E-state index in [9.17, 15) is 14.3 Å². The summed E-state index contributed by atoms with van der Waals surface area (Å²) in [5, 5.41) is 13.2. The molecule has 0 bridgehead atoms. The number of amides is 1. The van der Waals surface area contributed by atoms with E-state index >= 15 is 0 Å². The molecule has 2 N–H and O–H groups in total. The largest absolute Gasteiger partial charge is 0.393 e. The monoisotopic (exact) mass is 328 g/mol. The maximum absolute atomic E-state index is 13.6. The lowest BCUT2D eigenvalue weighted by atomic mass is 10.0. The standard InChI is InChI=1S/C19H21FN2O2/c20-17-6-2-1-4-13(17)7-10-15(23)12-18-16(5-3-11-21-18)19(24)22-14-8-9-14/h1-6,11,14-15,23H,7-10,12H2,(H,22,24). The molecule has 24 heavy (non-hydrogen) atoms. The van der Waals surface area contributed by atoms with Gasteiger partial charge < -0.3 is 10.4 Å². The van der Waals surface area contributed by atoms with E-state index < -0.39 is 6.10 Å². The van der Waals surface area contributed by atoms with Crippen LogP contribution in [-0.2, 0) is 12.8 Å². The molecule has 1 aromatic heterocycles. The Kier molecular flexibility index (Phi) is 5.20. The number of aliphatic hydroxyl groups excluding tert-OH is 1. The molecule has 1 saturated carbocycles. The number of halogens is 1. The van der Waals surface area contributed by atoms with Gasteiger partial charge in [0.1, 0.15) is 5.82 Å². The Morgan fingerprint density at radius 1 is 1.29 bits per heavy atom. The molecule has 1 aromatic carbocycles. The maximum Gasteiger partial charge on any atom is 0.253 e. The van der Waals surface area contributed by atoms with Gasteiger partial charge >= 0.3 is 0 Å². The topological polar surface area (TPSA) is 62.2 Å². The fraction of sp³-hybridized carbons (Fsp3) is 0.368. The van der Waals surface area contributed by atoms with Crippen molar-refractivity contribution in [3.8, 4) is 0 Å². The molecule has 3 rings (SSSR count). The third-order valence-corrected chi connectivity index (χ3v) is 4.18. The number of nitrogens with one attached hydrogen (secondary N) is 1. The van der Waals surface area contributed by atoms with Gasteiger partial charge in [-0.15, -0.1) is 0 Å². The molecule has 1 heterocycles. The van der Waals surface area contributed by atoms with Crippen molar-refractivity contribution >= 4 is 5.91 Å². The van der Waals surface area contributed by atoms with Gasteiger partial charge in [0.25, 0.3) is 5.91 Å². The summed E-state index contributed by atoms with van der Waals surface area (Å²) in [6.07, 6.45) is 4.13. The van der Waals surface area contributed by atoms with Crippen LogP contribution in [0, 0.1) is 5.82 Å². The molecule has 1 unspecified atom stereocenters. The van der Waals surface area contributed by atoms with Crippen LogP contribution in [0.2, 0.25) is 0 Å². The smallest absolute Gasteiger partial charge is 0.253 e. The normalized spacial score (nSPS) is 15.1. The molecule has 0 saturated heterocycles. The van der Waals surface area contributed by atoms with Crippen LogP contribution in [0.3, 0.4) is 0 Å². The molecular formula is C19H21FN2O2. The minimum atomic E-state index is -0.674. The molecule has 1 aliphatic rings. The first-order valence-electron chi connectivity index (χ1n) is 8.29. The predicted octanol–water partition coefficient (Wildman–Crippen LogP) is 2.65. The van der Waals surface area contributed by atoms with E-state index in [1.165, 1.54) is 6.07 Å². The number of aromatic nitrogens is 1. The Morgan fingerprint density at radius 3 is 2.83 bits per heavy atom. The van der Waals surface area contributed by atoms with Crippen molar-refractivity contribution in [1.82, 2.24) is 10.3 Å². The predicted molar refractivity (Wildman–Crippen MR) is 89.2 cm³/mol. The summed E-state index contributed by atoms with van der Waals surface area (Å²) < 4.78 is 13.6. The zero-order valence-corrected chi connectivity index (χ0v) is 13.4. The number of benzene rings is 1. The first-order chi connectivity index (χ1) is 11.6. The molecule has 1 amide bonds. The van der Waals surface area contributed by atoms with Crippen molar-refractivity contribution in [2.45, 2.75) is 44.2 Å². The number of aryl methyl sites for hydroxylation is 1. The van der Waals surface area contributed by atoms with Crippen molar-refractivity contribution in [3.63, 3.8) is 0 Å².